The molecule has 0 aliphatic heterocycles. The third-order valence-corrected chi connectivity index (χ3v) is 8.62. The smallest absolute Gasteiger partial charge is 0.305 e. The third kappa shape index (κ3) is 7.51. The first-order valence-electron chi connectivity index (χ1n) is 15.2. The topological polar surface area (TPSA) is 97.2 Å². The maximum Gasteiger partial charge on any atom is 0.305 e. The number of H-pyrrole nitrogens is 1. The van der Waals surface area contributed by atoms with Gasteiger partial charge in [-0.3, -0.25) is 9.59 Å². The fraction of sp³-hybridized carbons (Fsp3) is 0.297. The van der Waals surface area contributed by atoms with Crippen LogP contribution in [-0.4, -0.2) is 30.0 Å². The van der Waals surface area contributed by atoms with Gasteiger partial charge in [-0.05, 0) is 84.2 Å². The average Bonchev–Trinajstić information content (AvgIpc) is 3.47. The first kappa shape index (κ1) is 30.1. The van der Waals surface area contributed by atoms with Gasteiger partial charge < -0.3 is 20.8 Å². The summed E-state index contributed by atoms with van der Waals surface area (Å²) in [6.07, 6.45) is 7.87. The van der Waals surface area contributed by atoms with E-state index in [9.17, 15) is 9.59 Å². The van der Waals surface area contributed by atoms with Crippen LogP contribution >= 0.6 is 0 Å². The number of ether oxygens (including phenoxy) is 1. The molecular weight excluding hydrogens is 534 g/mol. The monoisotopic (exact) mass is 575 g/mol. The summed E-state index contributed by atoms with van der Waals surface area (Å²) in [6.45, 7) is 2.27. The molecule has 43 heavy (non-hydrogen) atoms. The van der Waals surface area contributed by atoms with Crippen LogP contribution in [0.2, 0.25) is 0 Å². The van der Waals surface area contributed by atoms with Crippen LogP contribution in [0.15, 0.2) is 97.2 Å². The van der Waals surface area contributed by atoms with E-state index in [1.54, 1.807) is 0 Å². The number of hydrogen-bond donors (Lipinski definition) is 3. The van der Waals surface area contributed by atoms with Gasteiger partial charge in [-0.2, -0.15) is 0 Å². The number of para-hydroxylation sites is 1. The Hall–Kier alpha value is -4.42. The molecule has 1 aromatic heterocycles. The van der Waals surface area contributed by atoms with Gasteiger partial charge in [0.2, 0.25) is 5.91 Å². The van der Waals surface area contributed by atoms with Crippen LogP contribution in [0, 0.1) is 0 Å². The van der Waals surface area contributed by atoms with Gasteiger partial charge in [0.15, 0.2) is 0 Å². The number of nitrogens with one attached hydrogen (secondary N) is 2. The summed E-state index contributed by atoms with van der Waals surface area (Å²) < 4.78 is 4.61. The van der Waals surface area contributed by atoms with E-state index in [0.29, 0.717) is 30.0 Å². The number of hydrogen-bond acceptors (Lipinski definition) is 4. The highest BCUT2D eigenvalue weighted by Gasteiger charge is 2.25. The Balaban J connectivity index is 0.000000207. The molecule has 1 heterocycles. The zero-order chi connectivity index (χ0) is 30.2. The van der Waals surface area contributed by atoms with Crippen molar-refractivity contribution in [1.82, 2.24) is 10.3 Å². The quantitative estimate of drug-likeness (QED) is 0.166. The number of amides is 1. The zero-order valence-electron chi connectivity index (χ0n) is 25.0. The molecule has 0 spiro atoms. The minimum absolute atomic E-state index is 0.166. The van der Waals surface area contributed by atoms with Gasteiger partial charge in [-0.25, -0.2) is 0 Å². The minimum Gasteiger partial charge on any atom is -0.469 e. The summed E-state index contributed by atoms with van der Waals surface area (Å²) in [7, 11) is 1.41. The lowest BCUT2D eigenvalue weighted by molar-refractivity contribution is -0.140. The number of rotatable bonds is 8. The number of carbonyl (C=O) groups is 2. The SMILES string of the molecule is CC(NC1CCC[C@H](c2ccc(C(N)=O)cc2)C1)c1cccc2ccccc12.COC(=O)CCc1c[nH]c2ccccc12. The van der Waals surface area contributed by atoms with E-state index >= 15 is 0 Å². The summed E-state index contributed by atoms with van der Waals surface area (Å²) >= 11 is 0. The van der Waals surface area contributed by atoms with Gasteiger partial charge in [-0.15, -0.1) is 0 Å². The number of aromatic nitrogens is 1. The van der Waals surface area contributed by atoms with Crippen LogP contribution in [0.1, 0.15) is 78.0 Å². The van der Waals surface area contributed by atoms with E-state index in [1.165, 1.54) is 53.7 Å². The second-order valence-electron chi connectivity index (χ2n) is 11.4. The maximum atomic E-state index is 11.3. The summed E-state index contributed by atoms with van der Waals surface area (Å²) in [4.78, 5) is 25.5. The van der Waals surface area contributed by atoms with Crippen molar-refractivity contribution in [3.05, 3.63) is 119 Å². The Bertz CT molecular complexity index is 1670. The molecule has 1 fully saturated rings. The number of benzene rings is 4. The van der Waals surface area contributed by atoms with E-state index < -0.39 is 0 Å². The van der Waals surface area contributed by atoms with Crippen LogP contribution < -0.4 is 11.1 Å². The van der Waals surface area contributed by atoms with Crippen LogP contribution in [0.3, 0.4) is 0 Å². The Labute approximate surface area is 253 Å². The number of aromatic amines is 1. The molecule has 222 valence electrons. The van der Waals surface area contributed by atoms with Crippen molar-refractivity contribution in [2.75, 3.05) is 7.11 Å². The first-order valence-corrected chi connectivity index (χ1v) is 15.2. The number of fused-ring (bicyclic) bond motifs is 2. The second-order valence-corrected chi connectivity index (χ2v) is 11.4. The molecule has 1 amide bonds. The molecule has 0 radical (unpaired) electrons. The number of esters is 1. The first-order chi connectivity index (χ1) is 20.9. The molecule has 6 rings (SSSR count). The zero-order valence-corrected chi connectivity index (χ0v) is 25.0. The summed E-state index contributed by atoms with van der Waals surface area (Å²) in [6, 6.07) is 31.9. The van der Waals surface area contributed by atoms with Crippen molar-refractivity contribution < 1.29 is 14.3 Å². The predicted octanol–water partition coefficient (Wildman–Crippen LogP) is 7.59. The molecule has 0 bridgehead atoms. The van der Waals surface area contributed by atoms with E-state index in [1.807, 2.05) is 36.5 Å². The molecule has 0 saturated heterocycles. The highest BCUT2D eigenvalue weighted by molar-refractivity contribution is 5.92. The largest absolute Gasteiger partial charge is 0.469 e. The fourth-order valence-electron chi connectivity index (χ4n) is 6.31. The third-order valence-electron chi connectivity index (χ3n) is 8.62. The molecule has 1 saturated carbocycles. The molecule has 3 atom stereocenters. The van der Waals surface area contributed by atoms with Gasteiger partial charge in [-0.1, -0.05) is 79.2 Å². The summed E-state index contributed by atoms with van der Waals surface area (Å²) in [5.74, 6) is 0.00632. The van der Waals surface area contributed by atoms with E-state index in [0.717, 1.165) is 23.9 Å². The van der Waals surface area contributed by atoms with E-state index in [4.69, 9.17) is 5.73 Å². The average molecular weight is 576 g/mol. The van der Waals surface area contributed by atoms with Crippen molar-refractivity contribution >= 4 is 33.6 Å². The van der Waals surface area contributed by atoms with Crippen molar-refractivity contribution in [2.45, 2.75) is 63.5 Å². The normalized spacial score (nSPS) is 17.2. The Morgan fingerprint density at radius 2 is 1.65 bits per heavy atom. The highest BCUT2D eigenvalue weighted by atomic mass is 16.5. The molecule has 1 aliphatic rings. The van der Waals surface area contributed by atoms with Gasteiger partial charge in [0.05, 0.1) is 7.11 Å². The van der Waals surface area contributed by atoms with Crippen molar-refractivity contribution in [2.24, 2.45) is 5.73 Å². The number of methoxy groups -OCH3 is 1. The number of aryl methyl sites for hydroxylation is 1. The number of primary amides is 1. The maximum absolute atomic E-state index is 11.3. The Morgan fingerprint density at radius 3 is 2.42 bits per heavy atom. The predicted molar refractivity (Wildman–Crippen MR) is 174 cm³/mol. The molecule has 1 aliphatic carbocycles. The minimum atomic E-state index is -0.362. The molecule has 4 aromatic carbocycles. The number of nitrogens with two attached hydrogens (primary N) is 1. The standard InChI is InChI=1S/C25H28N2O.C12H13NO2/c1-17(23-11-5-7-19-6-2-3-10-24(19)23)27-22-9-4-8-21(16-22)18-12-14-20(15-13-18)25(26)28;1-15-12(14)7-6-9-8-13-11-5-3-2-4-10(9)11/h2-3,5-7,10-15,17,21-22,27H,4,8-9,16H2,1H3,(H2,26,28);2-5,8,13H,6-7H2,1H3/t17?,21-,22?;/m0./s1. The van der Waals surface area contributed by atoms with Gasteiger partial charge in [0.1, 0.15) is 0 Å². The van der Waals surface area contributed by atoms with Gasteiger partial charge in [0, 0.05) is 41.2 Å². The lowest BCUT2D eigenvalue weighted by atomic mass is 9.80. The summed E-state index contributed by atoms with van der Waals surface area (Å²) in [5.41, 5.74) is 10.9. The Morgan fingerprint density at radius 1 is 0.930 bits per heavy atom. The molecule has 6 heteroatoms. The fourth-order valence-corrected chi connectivity index (χ4v) is 6.31. The number of carbonyl (C=O) groups excluding carboxylic acids is 2. The lowest BCUT2D eigenvalue weighted by Gasteiger charge is -2.32. The molecule has 5 aromatic rings. The van der Waals surface area contributed by atoms with Crippen LogP contribution in [0.25, 0.3) is 21.7 Å². The Kier molecular flexibility index (Phi) is 9.90. The second kappa shape index (κ2) is 14.2. The lowest BCUT2D eigenvalue weighted by Crippen LogP contribution is -2.35. The van der Waals surface area contributed by atoms with Gasteiger partial charge >= 0.3 is 5.97 Å². The van der Waals surface area contributed by atoms with Crippen LogP contribution in [0.4, 0.5) is 0 Å². The molecule has 2 unspecified atom stereocenters. The van der Waals surface area contributed by atoms with Gasteiger partial charge in [0.25, 0.3) is 0 Å². The molecule has 6 nitrogen and oxygen atoms in total. The van der Waals surface area contributed by atoms with Crippen LogP contribution in [0.5, 0.6) is 0 Å². The molecular formula is C37H41N3O3. The summed E-state index contributed by atoms with van der Waals surface area (Å²) in [5, 5.41) is 7.69. The highest BCUT2D eigenvalue weighted by Crippen LogP contribution is 2.34. The van der Waals surface area contributed by atoms with Crippen molar-refractivity contribution in [3.63, 3.8) is 0 Å². The van der Waals surface area contributed by atoms with Crippen LogP contribution in [-0.2, 0) is 16.0 Å². The molecule has 4 N–H and O–H groups in total. The van der Waals surface area contributed by atoms with E-state index in [-0.39, 0.29) is 11.9 Å². The van der Waals surface area contributed by atoms with E-state index in [2.05, 4.69) is 82.6 Å². The van der Waals surface area contributed by atoms with Crippen molar-refractivity contribution in [3.8, 4) is 0 Å². The van der Waals surface area contributed by atoms with Crippen molar-refractivity contribution in [1.29, 1.82) is 0 Å².